The lowest BCUT2D eigenvalue weighted by molar-refractivity contribution is 0.624. The fourth-order valence-corrected chi connectivity index (χ4v) is 1.66. The fourth-order valence-electron chi connectivity index (χ4n) is 1.66. The largest absolute Gasteiger partial charge is 0.393 e. The third-order valence-electron chi connectivity index (χ3n) is 2.68. The Hall–Kier alpha value is -2.37. The lowest BCUT2D eigenvalue weighted by Gasteiger charge is -2.08. The van der Waals surface area contributed by atoms with Gasteiger partial charge in [-0.2, -0.15) is 0 Å². The van der Waals surface area contributed by atoms with Crippen molar-refractivity contribution >= 4 is 5.69 Å². The summed E-state index contributed by atoms with van der Waals surface area (Å²) in [5.41, 5.74) is 5.77. The van der Waals surface area contributed by atoms with Crippen molar-refractivity contribution in [3.05, 3.63) is 62.2 Å². The summed E-state index contributed by atoms with van der Waals surface area (Å²) in [7, 11) is 0. The minimum atomic E-state index is -0.605. The molecule has 2 rings (SSSR count). The number of hydrogen-bond acceptors (Lipinski definition) is 3. The van der Waals surface area contributed by atoms with Crippen LogP contribution in [0, 0.1) is 12.7 Å². The molecule has 6 heteroatoms. The van der Waals surface area contributed by atoms with E-state index >= 15 is 0 Å². The second-order valence-electron chi connectivity index (χ2n) is 4.04. The number of nitrogen functional groups attached to an aromatic ring is 1. The molecule has 0 radical (unpaired) electrons. The van der Waals surface area contributed by atoms with Gasteiger partial charge in [0, 0.05) is 6.20 Å². The van der Waals surface area contributed by atoms with Gasteiger partial charge in [0.25, 0.3) is 5.56 Å². The molecule has 1 aromatic heterocycles. The predicted octanol–water partition coefficient (Wildman–Crippen LogP) is 0.615. The van der Waals surface area contributed by atoms with Crippen LogP contribution in [0.25, 0.3) is 0 Å². The first-order valence-electron chi connectivity index (χ1n) is 5.31. The van der Waals surface area contributed by atoms with Gasteiger partial charge in [0.1, 0.15) is 11.5 Å². The minimum Gasteiger partial charge on any atom is -0.393 e. The lowest BCUT2D eigenvalue weighted by Crippen LogP contribution is -2.31. The summed E-state index contributed by atoms with van der Waals surface area (Å²) in [6.45, 7) is 1.98. The maximum absolute atomic E-state index is 12.9. The number of nitrogens with zero attached hydrogens (tertiary/aromatic N) is 1. The second-order valence-corrected chi connectivity index (χ2v) is 4.04. The molecule has 18 heavy (non-hydrogen) atoms. The van der Waals surface area contributed by atoms with Crippen LogP contribution in [0.3, 0.4) is 0 Å². The molecule has 0 saturated carbocycles. The van der Waals surface area contributed by atoms with E-state index < -0.39 is 11.2 Å². The highest BCUT2D eigenvalue weighted by atomic mass is 19.1. The van der Waals surface area contributed by atoms with Crippen molar-refractivity contribution in [2.45, 2.75) is 13.5 Å². The Morgan fingerprint density at radius 1 is 1.39 bits per heavy atom. The van der Waals surface area contributed by atoms with Gasteiger partial charge in [-0.15, -0.1) is 0 Å². The standard InChI is InChI=1S/C12H12FN3O2/c1-7-4-9(13)3-2-8(7)5-16-6-10(14)11(17)15-12(16)18/h2-4,6H,5,14H2,1H3,(H,15,17,18). The molecule has 0 spiro atoms. The van der Waals surface area contributed by atoms with E-state index in [2.05, 4.69) is 4.98 Å². The van der Waals surface area contributed by atoms with Crippen molar-refractivity contribution in [3.8, 4) is 0 Å². The quantitative estimate of drug-likeness (QED) is 0.818. The highest BCUT2D eigenvalue weighted by Crippen LogP contribution is 2.11. The summed E-state index contributed by atoms with van der Waals surface area (Å²) < 4.78 is 14.2. The lowest BCUT2D eigenvalue weighted by atomic mass is 10.1. The van der Waals surface area contributed by atoms with Crippen molar-refractivity contribution in [2.75, 3.05) is 5.73 Å². The molecule has 0 aliphatic rings. The highest BCUT2D eigenvalue weighted by molar-refractivity contribution is 5.31. The van der Waals surface area contributed by atoms with Crippen LogP contribution in [-0.4, -0.2) is 9.55 Å². The molecule has 0 fully saturated rings. The van der Waals surface area contributed by atoms with Crippen LogP contribution in [0.15, 0.2) is 34.0 Å². The number of halogens is 1. The summed E-state index contributed by atoms with van der Waals surface area (Å²) in [5, 5.41) is 0. The first kappa shape index (κ1) is 12.1. The van der Waals surface area contributed by atoms with E-state index in [9.17, 15) is 14.0 Å². The van der Waals surface area contributed by atoms with Gasteiger partial charge in [0.2, 0.25) is 0 Å². The number of nitrogens with one attached hydrogen (secondary N) is 1. The average Bonchev–Trinajstić information content (AvgIpc) is 2.29. The number of H-pyrrole nitrogens is 1. The Morgan fingerprint density at radius 2 is 2.11 bits per heavy atom. The Morgan fingerprint density at radius 3 is 2.78 bits per heavy atom. The summed E-state index contributed by atoms with van der Waals surface area (Å²) in [5.74, 6) is -0.329. The van der Waals surface area contributed by atoms with Crippen molar-refractivity contribution < 1.29 is 4.39 Å². The molecular weight excluding hydrogens is 237 g/mol. The summed E-state index contributed by atoms with van der Waals surface area (Å²) >= 11 is 0. The van der Waals surface area contributed by atoms with E-state index in [0.29, 0.717) is 0 Å². The second kappa shape index (κ2) is 4.48. The number of hydrogen-bond donors (Lipinski definition) is 2. The Balaban J connectivity index is 2.43. The molecule has 0 bridgehead atoms. The van der Waals surface area contributed by atoms with Gasteiger partial charge in [-0.25, -0.2) is 9.18 Å². The minimum absolute atomic E-state index is 0.0330. The van der Waals surface area contributed by atoms with E-state index in [1.165, 1.54) is 22.9 Å². The number of aromatic amines is 1. The van der Waals surface area contributed by atoms with E-state index in [1.807, 2.05) is 0 Å². The molecule has 0 unspecified atom stereocenters. The third kappa shape index (κ3) is 2.32. The molecule has 94 valence electrons. The van der Waals surface area contributed by atoms with Gasteiger partial charge in [-0.1, -0.05) is 6.07 Å². The van der Waals surface area contributed by atoms with E-state index in [1.54, 1.807) is 13.0 Å². The van der Waals surface area contributed by atoms with Crippen molar-refractivity contribution in [1.29, 1.82) is 0 Å². The van der Waals surface area contributed by atoms with Gasteiger partial charge >= 0.3 is 5.69 Å². The molecule has 3 N–H and O–H groups in total. The third-order valence-corrected chi connectivity index (χ3v) is 2.68. The van der Waals surface area contributed by atoms with Gasteiger partial charge in [0.15, 0.2) is 0 Å². The Labute approximate surface area is 102 Å². The van der Waals surface area contributed by atoms with Gasteiger partial charge in [-0.3, -0.25) is 14.3 Å². The molecule has 0 aliphatic heterocycles. The number of aromatic nitrogens is 2. The molecule has 1 heterocycles. The molecule has 0 aliphatic carbocycles. The maximum Gasteiger partial charge on any atom is 0.328 e. The number of anilines is 1. The van der Waals surface area contributed by atoms with Crippen LogP contribution in [-0.2, 0) is 6.54 Å². The molecule has 0 saturated heterocycles. The van der Waals surface area contributed by atoms with Gasteiger partial charge in [0.05, 0.1) is 6.54 Å². The Bertz CT molecular complexity index is 703. The smallest absolute Gasteiger partial charge is 0.328 e. The van der Waals surface area contributed by atoms with Gasteiger partial charge < -0.3 is 5.73 Å². The molecule has 0 amide bonds. The van der Waals surface area contributed by atoms with Crippen LogP contribution >= 0.6 is 0 Å². The SMILES string of the molecule is Cc1cc(F)ccc1Cn1cc(N)c(=O)[nH]c1=O. The zero-order valence-electron chi connectivity index (χ0n) is 9.74. The molecule has 2 aromatic rings. The highest BCUT2D eigenvalue weighted by Gasteiger charge is 2.05. The predicted molar refractivity (Wildman–Crippen MR) is 66.0 cm³/mol. The van der Waals surface area contributed by atoms with Crippen LogP contribution in [0.2, 0.25) is 0 Å². The van der Waals surface area contributed by atoms with E-state index in [4.69, 9.17) is 5.73 Å². The van der Waals surface area contributed by atoms with E-state index in [0.717, 1.165) is 11.1 Å². The van der Waals surface area contributed by atoms with Crippen molar-refractivity contribution in [2.24, 2.45) is 0 Å². The topological polar surface area (TPSA) is 80.9 Å². The first-order valence-corrected chi connectivity index (χ1v) is 5.31. The fraction of sp³-hybridized carbons (Fsp3) is 0.167. The van der Waals surface area contributed by atoms with Crippen LogP contribution in [0.4, 0.5) is 10.1 Å². The number of benzene rings is 1. The summed E-state index contributed by atoms with van der Waals surface area (Å²) in [6, 6.07) is 4.30. The first-order chi connectivity index (χ1) is 8.47. The molecule has 1 aromatic carbocycles. The molecule has 0 atom stereocenters. The zero-order valence-corrected chi connectivity index (χ0v) is 9.74. The number of aryl methyl sites for hydroxylation is 1. The maximum atomic E-state index is 12.9. The summed E-state index contributed by atoms with van der Waals surface area (Å²) in [6.07, 6.45) is 1.28. The number of nitrogens with two attached hydrogens (primary N) is 1. The van der Waals surface area contributed by atoms with Gasteiger partial charge in [-0.05, 0) is 30.2 Å². The molecular formula is C12H12FN3O2. The van der Waals surface area contributed by atoms with Crippen LogP contribution in [0.1, 0.15) is 11.1 Å². The normalized spacial score (nSPS) is 10.6. The number of rotatable bonds is 2. The Kier molecular flexibility index (Phi) is 3.01. The van der Waals surface area contributed by atoms with Crippen molar-refractivity contribution in [3.63, 3.8) is 0 Å². The molecule has 5 nitrogen and oxygen atoms in total. The van der Waals surface area contributed by atoms with Crippen LogP contribution in [0.5, 0.6) is 0 Å². The monoisotopic (exact) mass is 249 g/mol. The zero-order chi connectivity index (χ0) is 13.3. The van der Waals surface area contributed by atoms with Crippen LogP contribution < -0.4 is 17.0 Å². The van der Waals surface area contributed by atoms with Crippen molar-refractivity contribution in [1.82, 2.24) is 9.55 Å². The van der Waals surface area contributed by atoms with E-state index in [-0.39, 0.29) is 18.0 Å². The average molecular weight is 249 g/mol. The summed E-state index contributed by atoms with van der Waals surface area (Å²) in [4.78, 5) is 24.8.